The smallest absolute Gasteiger partial charge is 0.229 e. The van der Waals surface area contributed by atoms with E-state index >= 15 is 0 Å². The summed E-state index contributed by atoms with van der Waals surface area (Å²) in [7, 11) is 1.68. The molecular formula is C14H19ClFNO2. The number of carbonyl (C=O) groups is 1. The van der Waals surface area contributed by atoms with E-state index in [-0.39, 0.29) is 24.1 Å². The molecule has 0 bridgehead atoms. The molecule has 0 heterocycles. The van der Waals surface area contributed by atoms with Crippen molar-refractivity contribution in [1.29, 1.82) is 0 Å². The average molecular weight is 288 g/mol. The van der Waals surface area contributed by atoms with Gasteiger partial charge in [0.25, 0.3) is 0 Å². The van der Waals surface area contributed by atoms with Crippen LogP contribution in [0.15, 0.2) is 24.3 Å². The van der Waals surface area contributed by atoms with Crippen molar-refractivity contribution < 1.29 is 13.9 Å². The van der Waals surface area contributed by atoms with Gasteiger partial charge < -0.3 is 9.64 Å². The third kappa shape index (κ3) is 4.39. The lowest BCUT2D eigenvalue weighted by Crippen LogP contribution is -2.41. The minimum Gasteiger partial charge on any atom is -0.489 e. The molecule has 0 unspecified atom stereocenters. The van der Waals surface area contributed by atoms with Crippen LogP contribution in [0.2, 0.25) is 0 Å². The second kappa shape index (κ2) is 6.75. The number of halogens is 2. The highest BCUT2D eigenvalue weighted by atomic mass is 35.5. The molecule has 1 aromatic rings. The van der Waals surface area contributed by atoms with Gasteiger partial charge in [0.05, 0.1) is 12.0 Å². The highest BCUT2D eigenvalue weighted by Crippen LogP contribution is 2.20. The van der Waals surface area contributed by atoms with E-state index in [1.807, 2.05) is 0 Å². The van der Waals surface area contributed by atoms with Crippen molar-refractivity contribution in [3.63, 3.8) is 0 Å². The van der Waals surface area contributed by atoms with Gasteiger partial charge in [-0.3, -0.25) is 4.79 Å². The molecule has 1 rings (SSSR count). The molecule has 1 aromatic carbocycles. The van der Waals surface area contributed by atoms with Gasteiger partial charge in [-0.25, -0.2) is 4.39 Å². The van der Waals surface area contributed by atoms with Gasteiger partial charge in [-0.05, 0) is 26.0 Å². The van der Waals surface area contributed by atoms with Crippen molar-refractivity contribution in [2.45, 2.75) is 13.8 Å². The Morgan fingerprint density at radius 2 is 2.05 bits per heavy atom. The number of para-hydroxylation sites is 1. The predicted molar refractivity (Wildman–Crippen MR) is 74.0 cm³/mol. The first-order valence-corrected chi connectivity index (χ1v) is 6.61. The molecule has 19 heavy (non-hydrogen) atoms. The summed E-state index contributed by atoms with van der Waals surface area (Å²) in [6, 6.07) is 6.19. The number of rotatable bonds is 6. The molecule has 1 amide bonds. The lowest BCUT2D eigenvalue weighted by molar-refractivity contribution is -0.138. The molecule has 106 valence electrons. The van der Waals surface area contributed by atoms with Gasteiger partial charge in [0.1, 0.15) is 6.61 Å². The molecule has 0 spiro atoms. The predicted octanol–water partition coefficient (Wildman–Crippen LogP) is 2.93. The highest BCUT2D eigenvalue weighted by molar-refractivity contribution is 6.19. The summed E-state index contributed by atoms with van der Waals surface area (Å²) >= 11 is 5.75. The molecular weight excluding hydrogens is 269 g/mol. The molecule has 0 radical (unpaired) electrons. The van der Waals surface area contributed by atoms with Crippen LogP contribution in [0.4, 0.5) is 4.39 Å². The minimum atomic E-state index is -0.603. The van der Waals surface area contributed by atoms with Crippen LogP contribution in [0, 0.1) is 11.2 Å². The van der Waals surface area contributed by atoms with Crippen molar-refractivity contribution in [2.24, 2.45) is 5.41 Å². The zero-order chi connectivity index (χ0) is 14.5. The number of carbonyl (C=O) groups excluding carboxylic acids is 1. The zero-order valence-corrected chi connectivity index (χ0v) is 12.2. The second-order valence-electron chi connectivity index (χ2n) is 5.02. The number of amides is 1. The number of ether oxygens (including phenoxy) is 1. The Kier molecular flexibility index (Phi) is 5.60. The molecule has 0 saturated heterocycles. The molecule has 0 atom stereocenters. The molecule has 0 aliphatic heterocycles. The number of hydrogen-bond acceptors (Lipinski definition) is 2. The van der Waals surface area contributed by atoms with Crippen LogP contribution in [0.5, 0.6) is 5.75 Å². The molecule has 0 saturated carbocycles. The Hall–Kier alpha value is -1.29. The van der Waals surface area contributed by atoms with Crippen molar-refractivity contribution in [3.8, 4) is 5.75 Å². The molecule has 0 aliphatic rings. The SMILES string of the molecule is CN(CCOc1ccccc1F)C(=O)C(C)(C)CCl. The first-order chi connectivity index (χ1) is 8.88. The van der Waals surface area contributed by atoms with E-state index in [0.717, 1.165) is 0 Å². The normalized spacial score (nSPS) is 11.2. The Bertz CT molecular complexity index is 437. The Balaban J connectivity index is 2.46. The van der Waals surface area contributed by atoms with Gasteiger partial charge in [0.15, 0.2) is 11.6 Å². The summed E-state index contributed by atoms with van der Waals surface area (Å²) in [5, 5.41) is 0. The number of hydrogen-bond donors (Lipinski definition) is 0. The Labute approximate surface area is 118 Å². The van der Waals surface area contributed by atoms with Gasteiger partial charge in [-0.2, -0.15) is 0 Å². The van der Waals surface area contributed by atoms with Crippen molar-refractivity contribution in [3.05, 3.63) is 30.1 Å². The highest BCUT2D eigenvalue weighted by Gasteiger charge is 2.29. The van der Waals surface area contributed by atoms with Crippen LogP contribution in [0.25, 0.3) is 0 Å². The topological polar surface area (TPSA) is 29.5 Å². The van der Waals surface area contributed by atoms with E-state index in [2.05, 4.69) is 0 Å². The quantitative estimate of drug-likeness (QED) is 0.753. The zero-order valence-electron chi connectivity index (χ0n) is 11.5. The van der Waals surface area contributed by atoms with Gasteiger partial charge in [-0.15, -0.1) is 11.6 Å². The molecule has 5 heteroatoms. The number of likely N-dealkylation sites (N-methyl/N-ethyl adjacent to an activating group) is 1. The molecule has 0 N–H and O–H groups in total. The standard InChI is InChI=1S/C14H19ClFNO2/c1-14(2,10-15)13(18)17(3)8-9-19-12-7-5-4-6-11(12)16/h4-7H,8-10H2,1-3H3. The van der Waals surface area contributed by atoms with Gasteiger partial charge in [-0.1, -0.05) is 12.1 Å². The lowest BCUT2D eigenvalue weighted by Gasteiger charge is -2.27. The maximum absolute atomic E-state index is 13.3. The van der Waals surface area contributed by atoms with Crippen LogP contribution in [-0.2, 0) is 4.79 Å². The van der Waals surface area contributed by atoms with E-state index in [0.29, 0.717) is 6.54 Å². The van der Waals surface area contributed by atoms with Crippen LogP contribution < -0.4 is 4.74 Å². The van der Waals surface area contributed by atoms with E-state index in [4.69, 9.17) is 16.3 Å². The van der Waals surface area contributed by atoms with Crippen LogP contribution in [-0.4, -0.2) is 36.9 Å². The first-order valence-electron chi connectivity index (χ1n) is 6.07. The van der Waals surface area contributed by atoms with Crippen LogP contribution in [0.1, 0.15) is 13.8 Å². The number of benzene rings is 1. The summed E-state index contributed by atoms with van der Waals surface area (Å²) in [5.74, 6) is -0.0122. The van der Waals surface area contributed by atoms with Crippen molar-refractivity contribution in [2.75, 3.05) is 26.1 Å². The molecule has 0 fully saturated rings. The molecule has 0 aromatic heterocycles. The van der Waals surface area contributed by atoms with Gasteiger partial charge in [0.2, 0.25) is 5.91 Å². The van der Waals surface area contributed by atoms with Gasteiger partial charge >= 0.3 is 0 Å². The van der Waals surface area contributed by atoms with Crippen LogP contribution >= 0.6 is 11.6 Å². The third-order valence-corrected chi connectivity index (χ3v) is 3.45. The summed E-state index contributed by atoms with van der Waals surface area (Å²) < 4.78 is 18.6. The summed E-state index contributed by atoms with van der Waals surface area (Å²) in [6.45, 7) is 4.20. The van der Waals surface area contributed by atoms with E-state index in [1.54, 1.807) is 44.0 Å². The van der Waals surface area contributed by atoms with Gasteiger partial charge in [0, 0.05) is 12.9 Å². The third-order valence-electron chi connectivity index (χ3n) is 2.78. The first kappa shape index (κ1) is 15.8. The Morgan fingerprint density at radius 3 is 2.63 bits per heavy atom. The summed E-state index contributed by atoms with van der Waals surface area (Å²) in [5.41, 5.74) is -0.603. The summed E-state index contributed by atoms with van der Waals surface area (Å²) in [6.07, 6.45) is 0. The molecule has 3 nitrogen and oxygen atoms in total. The number of alkyl halides is 1. The lowest BCUT2D eigenvalue weighted by atomic mass is 9.94. The fourth-order valence-electron chi connectivity index (χ4n) is 1.53. The fraction of sp³-hybridized carbons (Fsp3) is 0.500. The largest absolute Gasteiger partial charge is 0.489 e. The minimum absolute atomic E-state index is 0.0559. The fourth-order valence-corrected chi connectivity index (χ4v) is 1.64. The maximum atomic E-state index is 13.3. The van der Waals surface area contributed by atoms with Crippen LogP contribution in [0.3, 0.4) is 0 Å². The average Bonchev–Trinajstić information content (AvgIpc) is 2.39. The number of nitrogens with zero attached hydrogens (tertiary/aromatic N) is 1. The summed E-state index contributed by atoms with van der Waals surface area (Å²) in [4.78, 5) is 13.6. The van der Waals surface area contributed by atoms with E-state index in [1.165, 1.54) is 6.07 Å². The van der Waals surface area contributed by atoms with E-state index < -0.39 is 11.2 Å². The Morgan fingerprint density at radius 1 is 1.42 bits per heavy atom. The molecule has 0 aliphatic carbocycles. The van der Waals surface area contributed by atoms with E-state index in [9.17, 15) is 9.18 Å². The maximum Gasteiger partial charge on any atom is 0.229 e. The van der Waals surface area contributed by atoms with Crippen molar-refractivity contribution in [1.82, 2.24) is 4.90 Å². The van der Waals surface area contributed by atoms with Crippen molar-refractivity contribution >= 4 is 17.5 Å². The monoisotopic (exact) mass is 287 g/mol. The second-order valence-corrected chi connectivity index (χ2v) is 5.29.